The fourth-order valence-corrected chi connectivity index (χ4v) is 10.4. The molecule has 316 valence electrons. The number of hydrogen-bond donors (Lipinski definition) is 3. The fraction of sp³-hybridized carbons (Fsp3) is 0.348. The minimum atomic E-state index is -4.55. The molecule has 13 nitrogen and oxygen atoms in total. The van der Waals surface area contributed by atoms with Crippen LogP contribution in [0.4, 0.5) is 17.1 Å². The van der Waals surface area contributed by atoms with Crippen LogP contribution in [0.2, 0.25) is 5.02 Å². The summed E-state index contributed by atoms with van der Waals surface area (Å²) in [7, 11) is -4.55. The second kappa shape index (κ2) is 16.3. The molecule has 0 radical (unpaired) electrons. The van der Waals surface area contributed by atoms with Crippen LogP contribution in [0.15, 0.2) is 108 Å². The van der Waals surface area contributed by atoms with Gasteiger partial charge in [-0.1, -0.05) is 55.3 Å². The molecule has 2 aromatic heterocycles. The lowest BCUT2D eigenvalue weighted by Crippen LogP contribution is -2.47. The summed E-state index contributed by atoms with van der Waals surface area (Å²) >= 11 is 6.24. The van der Waals surface area contributed by atoms with Gasteiger partial charge in [-0.05, 0) is 109 Å². The van der Waals surface area contributed by atoms with Crippen molar-refractivity contribution in [1.29, 1.82) is 0 Å². The van der Waals surface area contributed by atoms with Crippen molar-refractivity contribution in [3.63, 3.8) is 0 Å². The lowest BCUT2D eigenvalue weighted by Gasteiger charge is -2.39. The first kappa shape index (κ1) is 40.7. The number of carbonyl (C=O) groups excluding carboxylic acids is 1. The Bertz CT molecular complexity index is 2690. The third-order valence-electron chi connectivity index (χ3n) is 12.7. The highest BCUT2D eigenvalue weighted by atomic mass is 35.5. The van der Waals surface area contributed by atoms with Gasteiger partial charge in [0.1, 0.15) is 22.8 Å². The number of amides is 1. The van der Waals surface area contributed by atoms with Gasteiger partial charge >= 0.3 is 0 Å². The van der Waals surface area contributed by atoms with Gasteiger partial charge in [0.25, 0.3) is 21.6 Å². The minimum absolute atomic E-state index is 0.0234. The molecule has 3 N–H and O–H groups in total. The van der Waals surface area contributed by atoms with E-state index in [1.165, 1.54) is 35.0 Å². The van der Waals surface area contributed by atoms with Gasteiger partial charge < -0.3 is 19.9 Å². The largest absolute Gasteiger partial charge is 0.455 e. The van der Waals surface area contributed by atoms with Gasteiger partial charge in [0.15, 0.2) is 0 Å². The summed E-state index contributed by atoms with van der Waals surface area (Å²) in [6, 6.07) is 20.6. The molecule has 1 saturated carbocycles. The number of sulfonamides is 1. The van der Waals surface area contributed by atoms with Crippen molar-refractivity contribution >= 4 is 61.2 Å². The van der Waals surface area contributed by atoms with Gasteiger partial charge in [-0.2, -0.15) is 0 Å². The van der Waals surface area contributed by atoms with E-state index in [2.05, 4.69) is 67.9 Å². The van der Waals surface area contributed by atoms with Crippen LogP contribution in [-0.4, -0.2) is 72.9 Å². The van der Waals surface area contributed by atoms with E-state index in [4.69, 9.17) is 16.3 Å². The smallest absolute Gasteiger partial charge is 0.293 e. The second-order valence-corrected chi connectivity index (χ2v) is 19.6. The molecule has 2 bridgehead atoms. The number of piperazine rings is 1. The van der Waals surface area contributed by atoms with Crippen LogP contribution < -0.4 is 19.7 Å². The maximum absolute atomic E-state index is 13.9. The number of nitro groups is 1. The second-order valence-electron chi connectivity index (χ2n) is 17.5. The molecule has 61 heavy (non-hydrogen) atoms. The first-order valence-corrected chi connectivity index (χ1v) is 22.6. The Hall–Kier alpha value is -5.70. The Morgan fingerprint density at radius 2 is 1.82 bits per heavy atom. The number of carbonyl (C=O) groups is 1. The van der Waals surface area contributed by atoms with E-state index in [9.17, 15) is 23.3 Å². The van der Waals surface area contributed by atoms with Gasteiger partial charge in [0.2, 0.25) is 0 Å². The Balaban J connectivity index is 0.938. The number of nitrogens with zero attached hydrogens (tertiary/aromatic N) is 4. The van der Waals surface area contributed by atoms with Crippen molar-refractivity contribution in [2.24, 2.45) is 17.3 Å². The number of H-pyrrole nitrogens is 1. The molecule has 2 fully saturated rings. The number of rotatable bonds is 12. The van der Waals surface area contributed by atoms with Crippen molar-refractivity contribution < 1.29 is 22.9 Å². The topological polar surface area (TPSA) is 163 Å². The lowest BCUT2D eigenvalue weighted by atomic mass is 9.72. The highest BCUT2D eigenvalue weighted by Gasteiger charge is 2.37. The highest BCUT2D eigenvalue weighted by Crippen LogP contribution is 2.44. The number of allylic oxidation sites excluding steroid dienone is 2. The summed E-state index contributed by atoms with van der Waals surface area (Å²) in [6.45, 7) is 8.67. The number of nitro benzene ring substituents is 1. The van der Waals surface area contributed by atoms with E-state index in [1.807, 2.05) is 18.2 Å². The number of fused-ring (bicyclic) bond motifs is 3. The van der Waals surface area contributed by atoms with Crippen molar-refractivity contribution in [3.05, 3.63) is 129 Å². The van der Waals surface area contributed by atoms with Crippen LogP contribution in [0.3, 0.4) is 0 Å². The van der Waals surface area contributed by atoms with E-state index >= 15 is 0 Å². The number of aromatic nitrogens is 2. The van der Waals surface area contributed by atoms with Gasteiger partial charge in [0.05, 0.1) is 21.6 Å². The molecule has 0 spiro atoms. The molecule has 3 aliphatic carbocycles. The monoisotopic (exact) mass is 861 g/mol. The molecule has 5 aromatic rings. The van der Waals surface area contributed by atoms with Crippen molar-refractivity contribution in [2.75, 3.05) is 42.9 Å². The van der Waals surface area contributed by atoms with Crippen LogP contribution in [0.1, 0.15) is 61.9 Å². The molecule has 3 heterocycles. The van der Waals surface area contributed by atoms with E-state index < -0.39 is 25.7 Å². The Morgan fingerprint density at radius 1 is 1.02 bits per heavy atom. The molecule has 3 aromatic carbocycles. The minimum Gasteiger partial charge on any atom is -0.455 e. The number of halogens is 1. The Kier molecular flexibility index (Phi) is 10.9. The van der Waals surface area contributed by atoms with Crippen molar-refractivity contribution in [1.82, 2.24) is 19.6 Å². The third-order valence-corrected chi connectivity index (χ3v) is 14.2. The maximum atomic E-state index is 13.9. The zero-order valence-electron chi connectivity index (χ0n) is 34.1. The molecule has 1 amide bonds. The molecular weight excluding hydrogens is 814 g/mol. The number of benzene rings is 3. The predicted molar refractivity (Wildman–Crippen MR) is 238 cm³/mol. The first-order valence-electron chi connectivity index (χ1n) is 20.8. The standard InChI is InChI=1S/C46H48ClN7O6S/c1-46(2)15-13-33(39(26-46)30-5-7-34(47)8-6-30)28-52-17-19-53(20-18-52)35-9-11-38(43(24-35)60-36-23-32-14-16-48-44(32)49-27-36)45(55)51-61(58,59)37-10-12-40(42(25-37)54(56)57)50-41-22-29-3-4-31(41)21-29/h3-12,14,16,23-25,27,29,31,41,50H,13,15,17-22,26,28H2,1-2H3,(H,48,49)(H,51,55)/t29-,31+,41?/m1/s1. The fourth-order valence-electron chi connectivity index (χ4n) is 9.31. The number of anilines is 2. The van der Waals surface area contributed by atoms with Gasteiger partial charge in [0, 0.05) is 73.2 Å². The average molecular weight is 862 g/mol. The summed E-state index contributed by atoms with van der Waals surface area (Å²) in [5, 5.41) is 17.0. The average Bonchev–Trinajstić information content (AvgIpc) is 4.00. The number of aromatic amines is 1. The van der Waals surface area contributed by atoms with Crippen molar-refractivity contribution in [3.8, 4) is 11.5 Å². The van der Waals surface area contributed by atoms with Crippen LogP contribution in [0.5, 0.6) is 11.5 Å². The van der Waals surface area contributed by atoms with Crippen LogP contribution in [0.25, 0.3) is 16.6 Å². The van der Waals surface area contributed by atoms with E-state index in [1.54, 1.807) is 30.5 Å². The van der Waals surface area contributed by atoms with Crippen LogP contribution in [0, 0.1) is 27.4 Å². The summed E-state index contributed by atoms with van der Waals surface area (Å²) in [6.07, 6.45) is 12.6. The lowest BCUT2D eigenvalue weighted by molar-refractivity contribution is -0.384. The van der Waals surface area contributed by atoms with E-state index in [-0.39, 0.29) is 40.1 Å². The summed E-state index contributed by atoms with van der Waals surface area (Å²) in [4.78, 5) is 37.3. The predicted octanol–water partition coefficient (Wildman–Crippen LogP) is 9.20. The number of pyridine rings is 1. The quantitative estimate of drug-likeness (QED) is 0.0626. The zero-order valence-corrected chi connectivity index (χ0v) is 35.6. The number of ether oxygens (including phenoxy) is 1. The Morgan fingerprint density at radius 3 is 2.56 bits per heavy atom. The molecular formula is C46H48ClN7O6S. The van der Waals surface area contributed by atoms with Crippen LogP contribution in [-0.2, 0) is 10.0 Å². The van der Waals surface area contributed by atoms with Crippen LogP contribution >= 0.6 is 11.6 Å². The molecule has 9 rings (SSSR count). The summed E-state index contributed by atoms with van der Waals surface area (Å²) in [5.74, 6) is 0.261. The zero-order chi connectivity index (χ0) is 42.5. The van der Waals surface area contributed by atoms with Crippen molar-refractivity contribution in [2.45, 2.75) is 56.9 Å². The molecule has 1 saturated heterocycles. The SMILES string of the molecule is CC1(C)CCC(CN2CCN(c3ccc(C(=O)NS(=O)(=O)c4ccc(NC5C[C@@H]6C=C[C@H]5C6)c([N+](=O)[O-])c4)c(Oc4cnc5[nH]ccc5c4)c3)CC2)=C(c2ccc(Cl)cc2)C1. The normalized spacial score (nSPS) is 21.2. The molecule has 4 aliphatic rings. The molecule has 15 heteroatoms. The maximum Gasteiger partial charge on any atom is 0.293 e. The highest BCUT2D eigenvalue weighted by molar-refractivity contribution is 7.90. The summed E-state index contributed by atoms with van der Waals surface area (Å²) in [5.41, 5.74) is 5.65. The van der Waals surface area contributed by atoms with E-state index in [0.717, 1.165) is 87.0 Å². The third kappa shape index (κ3) is 8.75. The van der Waals surface area contributed by atoms with E-state index in [0.29, 0.717) is 17.3 Å². The number of nitrogens with one attached hydrogen (secondary N) is 3. The molecule has 3 atom stereocenters. The van der Waals surface area contributed by atoms with Gasteiger partial charge in [-0.15, -0.1) is 0 Å². The first-order chi connectivity index (χ1) is 29.3. The van der Waals surface area contributed by atoms with Gasteiger partial charge in [-0.25, -0.2) is 18.1 Å². The van der Waals surface area contributed by atoms with Gasteiger partial charge in [-0.3, -0.25) is 19.8 Å². The number of hydrogen-bond acceptors (Lipinski definition) is 10. The molecule has 1 aliphatic heterocycles. The Labute approximate surface area is 360 Å². The summed E-state index contributed by atoms with van der Waals surface area (Å²) < 4.78 is 35.9. The molecule has 1 unspecified atom stereocenters.